The fraction of sp³-hybridized carbons (Fsp3) is 0.300. The molecule has 202 valence electrons. The molecular weight excluding hydrogens is 499 g/mol. The van der Waals surface area contributed by atoms with E-state index in [4.69, 9.17) is 4.74 Å². The summed E-state index contributed by atoms with van der Waals surface area (Å²) in [5.74, 6) is -1.15. The summed E-state index contributed by atoms with van der Waals surface area (Å²) in [4.78, 5) is 42.5. The largest absolute Gasteiger partial charge is 0.483 e. The molecule has 3 heterocycles. The second kappa shape index (κ2) is 12.1. The Balaban J connectivity index is 1.47. The predicted octanol–water partition coefficient (Wildman–Crippen LogP) is 3.60. The third-order valence-electron chi connectivity index (χ3n) is 7.01. The Morgan fingerprint density at radius 2 is 1.64 bits per heavy atom. The standard InChI is InChI=1S/C30H31FN4O4/c31-24-11-9-22(10-12-24)19-32-29(37)25-20-35-18-17-34(16-15-33-13-5-2-6-14-33)30(38)26(35)28(27(25)36)39-21-23-7-3-1-4-8-23/h1,3-4,7-12,17-18,20H,2,5-6,13-16,19,21H2,(H,32,37). The van der Waals surface area contributed by atoms with E-state index >= 15 is 0 Å². The first-order chi connectivity index (χ1) is 19.0. The SMILES string of the molecule is O=C(NCc1ccc(F)cc1)c1cn2ccn(CCN3CCCCC3)c(=O)c2c(OCc2ccccc2)c1=O. The number of carbonyl (C=O) groups is 1. The summed E-state index contributed by atoms with van der Waals surface area (Å²) >= 11 is 0. The number of fused-ring (bicyclic) bond motifs is 1. The van der Waals surface area contributed by atoms with Gasteiger partial charge in [-0.05, 0) is 49.2 Å². The number of aromatic nitrogens is 2. The maximum atomic E-state index is 13.6. The molecule has 1 aliphatic heterocycles. The molecule has 4 aromatic rings. The van der Waals surface area contributed by atoms with Gasteiger partial charge in [0.1, 0.15) is 18.0 Å². The number of pyridine rings is 1. The number of hydrogen-bond acceptors (Lipinski definition) is 5. The van der Waals surface area contributed by atoms with Gasteiger partial charge in [0.2, 0.25) is 5.43 Å². The molecule has 0 atom stereocenters. The van der Waals surface area contributed by atoms with Crippen molar-refractivity contribution in [1.29, 1.82) is 0 Å². The van der Waals surface area contributed by atoms with E-state index in [-0.39, 0.29) is 41.4 Å². The quantitative estimate of drug-likeness (QED) is 0.358. The molecule has 0 radical (unpaired) electrons. The maximum absolute atomic E-state index is 13.6. The van der Waals surface area contributed by atoms with Crippen LogP contribution in [0.25, 0.3) is 5.52 Å². The zero-order valence-electron chi connectivity index (χ0n) is 21.6. The number of ether oxygens (including phenoxy) is 1. The Morgan fingerprint density at radius 3 is 2.38 bits per heavy atom. The highest BCUT2D eigenvalue weighted by Gasteiger charge is 2.21. The van der Waals surface area contributed by atoms with Crippen LogP contribution in [0.5, 0.6) is 5.75 Å². The second-order valence-electron chi connectivity index (χ2n) is 9.74. The molecule has 1 amide bonds. The lowest BCUT2D eigenvalue weighted by Crippen LogP contribution is -2.35. The fourth-order valence-electron chi connectivity index (χ4n) is 4.80. The lowest BCUT2D eigenvalue weighted by Gasteiger charge is -2.26. The first kappa shape index (κ1) is 26.4. The van der Waals surface area contributed by atoms with Gasteiger partial charge in [0.05, 0.1) is 0 Å². The van der Waals surface area contributed by atoms with Crippen LogP contribution in [0.3, 0.4) is 0 Å². The Labute approximate surface area is 225 Å². The zero-order chi connectivity index (χ0) is 27.2. The van der Waals surface area contributed by atoms with E-state index in [1.54, 1.807) is 29.1 Å². The summed E-state index contributed by atoms with van der Waals surface area (Å²) in [6.45, 7) is 3.44. The molecule has 0 spiro atoms. The van der Waals surface area contributed by atoms with Gasteiger partial charge in [0.25, 0.3) is 11.5 Å². The molecule has 1 fully saturated rings. The highest BCUT2D eigenvalue weighted by molar-refractivity contribution is 5.94. The van der Waals surface area contributed by atoms with Crippen LogP contribution in [0.4, 0.5) is 4.39 Å². The Morgan fingerprint density at radius 1 is 0.897 bits per heavy atom. The van der Waals surface area contributed by atoms with Gasteiger partial charge in [-0.25, -0.2) is 4.39 Å². The average molecular weight is 531 g/mol. The van der Waals surface area contributed by atoms with E-state index in [2.05, 4.69) is 10.2 Å². The topological polar surface area (TPSA) is 85.1 Å². The van der Waals surface area contributed by atoms with Gasteiger partial charge in [-0.1, -0.05) is 48.9 Å². The average Bonchev–Trinajstić information content (AvgIpc) is 2.97. The predicted molar refractivity (Wildman–Crippen MR) is 147 cm³/mol. The lowest BCUT2D eigenvalue weighted by atomic mass is 10.1. The highest BCUT2D eigenvalue weighted by atomic mass is 19.1. The normalized spacial score (nSPS) is 13.9. The third kappa shape index (κ3) is 6.26. The molecule has 1 N–H and O–H groups in total. The van der Waals surface area contributed by atoms with Gasteiger partial charge in [-0.2, -0.15) is 0 Å². The molecule has 1 aliphatic rings. The minimum absolute atomic E-state index is 0.0640. The molecule has 2 aromatic heterocycles. The van der Waals surface area contributed by atoms with Crippen molar-refractivity contribution in [3.05, 3.63) is 116 Å². The van der Waals surface area contributed by atoms with Crippen molar-refractivity contribution >= 4 is 11.4 Å². The molecule has 9 heteroatoms. The van der Waals surface area contributed by atoms with Gasteiger partial charge < -0.3 is 23.9 Å². The number of halogens is 1. The van der Waals surface area contributed by atoms with Crippen LogP contribution in [-0.2, 0) is 19.7 Å². The number of piperidine rings is 1. The Kier molecular flexibility index (Phi) is 8.17. The van der Waals surface area contributed by atoms with Crippen molar-refractivity contribution in [2.45, 2.75) is 39.0 Å². The lowest BCUT2D eigenvalue weighted by molar-refractivity contribution is 0.0948. The van der Waals surface area contributed by atoms with Crippen LogP contribution in [0.2, 0.25) is 0 Å². The summed E-state index contributed by atoms with van der Waals surface area (Å²) < 4.78 is 22.2. The van der Waals surface area contributed by atoms with E-state index in [1.165, 1.54) is 29.2 Å². The molecule has 2 aromatic carbocycles. The van der Waals surface area contributed by atoms with Crippen molar-refractivity contribution in [3.63, 3.8) is 0 Å². The number of rotatable bonds is 9. The van der Waals surface area contributed by atoms with Crippen molar-refractivity contribution in [2.75, 3.05) is 19.6 Å². The maximum Gasteiger partial charge on any atom is 0.278 e. The van der Waals surface area contributed by atoms with Crippen molar-refractivity contribution in [1.82, 2.24) is 19.2 Å². The highest BCUT2D eigenvalue weighted by Crippen LogP contribution is 2.16. The smallest absolute Gasteiger partial charge is 0.278 e. The minimum Gasteiger partial charge on any atom is -0.483 e. The van der Waals surface area contributed by atoms with Crippen LogP contribution in [0.15, 0.2) is 82.8 Å². The number of benzene rings is 2. The number of nitrogens with zero attached hydrogens (tertiary/aromatic N) is 3. The summed E-state index contributed by atoms with van der Waals surface area (Å²) in [7, 11) is 0. The van der Waals surface area contributed by atoms with Crippen LogP contribution in [0.1, 0.15) is 40.7 Å². The summed E-state index contributed by atoms with van der Waals surface area (Å²) in [6, 6.07) is 15.0. The van der Waals surface area contributed by atoms with Gasteiger partial charge in [-0.3, -0.25) is 14.4 Å². The number of amides is 1. The molecule has 5 rings (SSSR count). The van der Waals surface area contributed by atoms with Crippen molar-refractivity contribution < 1.29 is 13.9 Å². The van der Waals surface area contributed by atoms with Gasteiger partial charge >= 0.3 is 0 Å². The number of likely N-dealkylation sites (tertiary alicyclic amines) is 1. The first-order valence-corrected chi connectivity index (χ1v) is 13.2. The minimum atomic E-state index is -0.659. The van der Waals surface area contributed by atoms with Gasteiger partial charge in [-0.15, -0.1) is 0 Å². The Bertz CT molecular complexity index is 1560. The molecule has 0 aliphatic carbocycles. The van der Waals surface area contributed by atoms with E-state index in [1.807, 2.05) is 30.3 Å². The van der Waals surface area contributed by atoms with Crippen LogP contribution < -0.4 is 21.0 Å². The van der Waals surface area contributed by atoms with Crippen LogP contribution >= 0.6 is 0 Å². The molecule has 0 bridgehead atoms. The summed E-state index contributed by atoms with van der Waals surface area (Å²) in [5.41, 5.74) is 0.432. The molecular formula is C30H31FN4O4. The Hall–Kier alpha value is -4.24. The monoisotopic (exact) mass is 530 g/mol. The molecule has 0 saturated carbocycles. The molecule has 0 unspecified atom stereocenters. The van der Waals surface area contributed by atoms with E-state index in [0.717, 1.165) is 38.0 Å². The second-order valence-corrected chi connectivity index (χ2v) is 9.74. The summed E-state index contributed by atoms with van der Waals surface area (Å²) in [5, 5.41) is 2.70. The molecule has 8 nitrogen and oxygen atoms in total. The van der Waals surface area contributed by atoms with Gasteiger partial charge in [0, 0.05) is 38.2 Å². The van der Waals surface area contributed by atoms with Crippen molar-refractivity contribution in [3.8, 4) is 5.75 Å². The molecule has 39 heavy (non-hydrogen) atoms. The first-order valence-electron chi connectivity index (χ1n) is 13.2. The van der Waals surface area contributed by atoms with Crippen molar-refractivity contribution in [2.24, 2.45) is 0 Å². The van der Waals surface area contributed by atoms with Gasteiger partial charge in [0.15, 0.2) is 11.3 Å². The third-order valence-corrected chi connectivity index (χ3v) is 7.01. The zero-order valence-corrected chi connectivity index (χ0v) is 21.6. The van der Waals surface area contributed by atoms with E-state index in [9.17, 15) is 18.8 Å². The number of hydrogen-bond donors (Lipinski definition) is 1. The van der Waals surface area contributed by atoms with E-state index < -0.39 is 11.3 Å². The van der Waals surface area contributed by atoms with Crippen LogP contribution in [0, 0.1) is 5.82 Å². The molecule has 1 saturated heterocycles. The summed E-state index contributed by atoms with van der Waals surface area (Å²) in [6.07, 6.45) is 8.25. The van der Waals surface area contributed by atoms with Crippen LogP contribution in [-0.4, -0.2) is 39.4 Å². The van der Waals surface area contributed by atoms with E-state index in [0.29, 0.717) is 12.1 Å². The fourth-order valence-corrected chi connectivity index (χ4v) is 4.80. The number of nitrogens with one attached hydrogen (secondary N) is 1. The number of carbonyl (C=O) groups excluding carboxylic acids is 1.